The van der Waals surface area contributed by atoms with Crippen LogP contribution in [0.5, 0.6) is 0 Å². The van der Waals surface area contributed by atoms with E-state index in [9.17, 15) is 10.5 Å². The average Bonchev–Trinajstić information content (AvgIpc) is 3.96. The lowest BCUT2D eigenvalue weighted by Gasteiger charge is -2.12. The Balaban J connectivity index is 1.07. The van der Waals surface area contributed by atoms with Gasteiger partial charge in [-0.3, -0.25) is 4.98 Å². The molecule has 4 heterocycles. The maximum Gasteiger partial charge on any atom is 0.0999 e. The monoisotopic (exact) mass is 776 g/mol. The smallest absolute Gasteiger partial charge is 0.0999 e. The molecule has 0 unspecified atom stereocenters. The van der Waals surface area contributed by atoms with Crippen LogP contribution >= 0.6 is 0 Å². The highest BCUT2D eigenvalue weighted by molar-refractivity contribution is 6.14. The van der Waals surface area contributed by atoms with Gasteiger partial charge in [0.25, 0.3) is 0 Å². The van der Waals surface area contributed by atoms with E-state index in [4.69, 9.17) is 0 Å². The molecule has 0 fully saturated rings. The number of pyridine rings is 1. The molecule has 0 saturated carbocycles. The molecule has 0 atom stereocenters. The van der Waals surface area contributed by atoms with Gasteiger partial charge in [0.15, 0.2) is 0 Å². The lowest BCUT2D eigenvalue weighted by molar-refractivity contribution is 1.16. The standard InChI is InChI=1S/C55H32N6/c56-33-37-29-36(30-38(34-57)55(37)48-15-9-10-28-58-48)35-20-22-39(23-21-35)59-53-26-24-40(60-49-16-5-1-11-42(49)43-12-2-6-17-50(43)60)31-46(53)47-32-41(25-27-54(47)59)61-51-18-7-3-13-44(51)45-14-4-8-19-52(45)61/h1-32H. The van der Waals surface area contributed by atoms with Crippen LogP contribution < -0.4 is 0 Å². The van der Waals surface area contributed by atoms with Gasteiger partial charge in [0.2, 0.25) is 0 Å². The van der Waals surface area contributed by atoms with Gasteiger partial charge < -0.3 is 13.7 Å². The van der Waals surface area contributed by atoms with Crippen molar-refractivity contribution in [1.82, 2.24) is 18.7 Å². The highest BCUT2D eigenvalue weighted by Gasteiger charge is 2.20. The van der Waals surface area contributed by atoms with Gasteiger partial charge in [0.05, 0.1) is 62.1 Å². The Morgan fingerprint density at radius 3 is 1.16 bits per heavy atom. The summed E-state index contributed by atoms with van der Waals surface area (Å²) in [6, 6.07) is 70.4. The normalized spacial score (nSPS) is 11.6. The topological polar surface area (TPSA) is 75.3 Å². The fourth-order valence-corrected chi connectivity index (χ4v) is 9.53. The molecular formula is C55H32N6. The van der Waals surface area contributed by atoms with E-state index in [-0.39, 0.29) is 0 Å². The van der Waals surface area contributed by atoms with Gasteiger partial charge in [-0.15, -0.1) is 0 Å². The first-order chi connectivity index (χ1) is 30.2. The van der Waals surface area contributed by atoms with E-state index in [1.54, 1.807) is 6.20 Å². The predicted octanol–water partition coefficient (Wildman–Crippen LogP) is 13.5. The van der Waals surface area contributed by atoms with E-state index in [1.165, 1.54) is 43.6 Å². The molecule has 6 nitrogen and oxygen atoms in total. The van der Waals surface area contributed by atoms with Crippen LogP contribution in [-0.2, 0) is 0 Å². The number of rotatable bonds is 5. The second-order valence-corrected chi connectivity index (χ2v) is 15.4. The van der Waals surface area contributed by atoms with Crippen LogP contribution in [-0.4, -0.2) is 18.7 Å². The predicted molar refractivity (Wildman–Crippen MR) is 248 cm³/mol. The molecule has 0 radical (unpaired) electrons. The zero-order valence-electron chi connectivity index (χ0n) is 32.7. The molecule has 61 heavy (non-hydrogen) atoms. The van der Waals surface area contributed by atoms with E-state index >= 15 is 0 Å². The van der Waals surface area contributed by atoms with Gasteiger partial charge in [0, 0.05) is 61.1 Å². The van der Waals surface area contributed by atoms with Crippen molar-refractivity contribution in [3.8, 4) is 51.6 Å². The van der Waals surface area contributed by atoms with Crippen LogP contribution in [0, 0.1) is 22.7 Å². The molecule has 0 aliphatic carbocycles. The van der Waals surface area contributed by atoms with Crippen LogP contribution in [0.2, 0.25) is 0 Å². The maximum absolute atomic E-state index is 10.2. The summed E-state index contributed by atoms with van der Waals surface area (Å²) in [7, 11) is 0. The zero-order valence-corrected chi connectivity index (χ0v) is 32.7. The Morgan fingerprint density at radius 1 is 0.344 bits per heavy atom. The Kier molecular flexibility index (Phi) is 7.56. The third-order valence-electron chi connectivity index (χ3n) is 12.2. The number of fused-ring (bicyclic) bond motifs is 9. The van der Waals surface area contributed by atoms with Crippen LogP contribution in [0.4, 0.5) is 0 Å². The number of benzene rings is 8. The fraction of sp³-hybridized carbons (Fsp3) is 0. The minimum Gasteiger partial charge on any atom is -0.309 e. The number of aromatic nitrogens is 4. The second-order valence-electron chi connectivity index (χ2n) is 15.4. The van der Waals surface area contributed by atoms with E-state index in [2.05, 4.69) is 189 Å². The summed E-state index contributed by atoms with van der Waals surface area (Å²) in [5.74, 6) is 0. The highest BCUT2D eigenvalue weighted by Crippen LogP contribution is 2.40. The van der Waals surface area contributed by atoms with Crippen molar-refractivity contribution in [2.45, 2.75) is 0 Å². The summed E-state index contributed by atoms with van der Waals surface area (Å²) in [6.45, 7) is 0. The third-order valence-corrected chi connectivity index (χ3v) is 12.2. The van der Waals surface area contributed by atoms with Crippen LogP contribution in [0.3, 0.4) is 0 Å². The van der Waals surface area contributed by atoms with Crippen molar-refractivity contribution in [2.24, 2.45) is 0 Å². The minimum atomic E-state index is 0.414. The molecule has 0 saturated heterocycles. The maximum atomic E-state index is 10.2. The first-order valence-corrected chi connectivity index (χ1v) is 20.2. The Labute approximate surface area is 350 Å². The Morgan fingerprint density at radius 2 is 0.738 bits per heavy atom. The summed E-state index contributed by atoms with van der Waals surface area (Å²) < 4.78 is 7.09. The molecule has 0 N–H and O–H groups in total. The number of hydrogen-bond donors (Lipinski definition) is 0. The lowest BCUT2D eigenvalue weighted by atomic mass is 9.93. The molecular weight excluding hydrogens is 745 g/mol. The molecule has 12 aromatic rings. The molecule has 4 aromatic heterocycles. The molecule has 0 spiro atoms. The summed E-state index contributed by atoms with van der Waals surface area (Å²) in [6.07, 6.45) is 1.68. The second kappa shape index (κ2) is 13.4. The van der Waals surface area contributed by atoms with E-state index in [0.717, 1.165) is 50.0 Å². The summed E-state index contributed by atoms with van der Waals surface area (Å²) in [4.78, 5) is 4.44. The van der Waals surface area contributed by atoms with Gasteiger partial charge in [-0.25, -0.2) is 0 Å². The van der Waals surface area contributed by atoms with Gasteiger partial charge in [-0.2, -0.15) is 10.5 Å². The quantitative estimate of drug-likeness (QED) is 0.175. The molecule has 0 bridgehead atoms. The number of para-hydroxylation sites is 4. The Hall–Kier alpha value is -8.71. The SMILES string of the molecule is N#Cc1cc(-c2ccc(-n3c4ccc(-n5c6ccccc6c6ccccc65)cc4c4cc(-n5c6ccccc6c6ccccc65)ccc43)cc2)cc(C#N)c1-c1ccccn1. The van der Waals surface area contributed by atoms with Crippen molar-refractivity contribution in [2.75, 3.05) is 0 Å². The average molecular weight is 777 g/mol. The largest absolute Gasteiger partial charge is 0.309 e. The van der Waals surface area contributed by atoms with Crippen molar-refractivity contribution in [3.63, 3.8) is 0 Å². The molecule has 0 aliphatic rings. The highest BCUT2D eigenvalue weighted by atomic mass is 15.0. The van der Waals surface area contributed by atoms with Gasteiger partial charge in [0.1, 0.15) is 0 Å². The molecule has 6 heteroatoms. The van der Waals surface area contributed by atoms with E-state index in [1.807, 2.05) is 30.3 Å². The molecule has 12 rings (SSSR count). The summed E-state index contributed by atoms with van der Waals surface area (Å²) in [5.41, 5.74) is 13.7. The molecule has 0 aliphatic heterocycles. The van der Waals surface area contributed by atoms with Crippen molar-refractivity contribution >= 4 is 65.4 Å². The first kappa shape index (κ1) is 34.3. The van der Waals surface area contributed by atoms with Crippen molar-refractivity contribution in [3.05, 3.63) is 205 Å². The molecule has 282 valence electrons. The number of nitrogens with zero attached hydrogens (tertiary/aromatic N) is 6. The van der Waals surface area contributed by atoms with Gasteiger partial charge in [-0.05, 0) is 108 Å². The summed E-state index contributed by atoms with van der Waals surface area (Å²) in [5, 5.41) is 27.6. The molecule has 0 amide bonds. The van der Waals surface area contributed by atoms with Crippen LogP contribution in [0.25, 0.3) is 105 Å². The molecule has 8 aromatic carbocycles. The Bertz CT molecular complexity index is 3520. The fourth-order valence-electron chi connectivity index (χ4n) is 9.53. The minimum absolute atomic E-state index is 0.414. The van der Waals surface area contributed by atoms with Crippen LogP contribution in [0.15, 0.2) is 194 Å². The number of nitriles is 2. The van der Waals surface area contributed by atoms with E-state index < -0.39 is 0 Å². The lowest BCUT2D eigenvalue weighted by Crippen LogP contribution is -1.97. The first-order valence-electron chi connectivity index (χ1n) is 20.2. The van der Waals surface area contributed by atoms with Gasteiger partial charge >= 0.3 is 0 Å². The zero-order chi connectivity index (χ0) is 40.6. The summed E-state index contributed by atoms with van der Waals surface area (Å²) >= 11 is 0. The van der Waals surface area contributed by atoms with Crippen molar-refractivity contribution < 1.29 is 0 Å². The van der Waals surface area contributed by atoms with E-state index in [0.29, 0.717) is 22.4 Å². The van der Waals surface area contributed by atoms with Gasteiger partial charge in [-0.1, -0.05) is 91.0 Å². The van der Waals surface area contributed by atoms with Crippen molar-refractivity contribution in [1.29, 1.82) is 10.5 Å². The third kappa shape index (κ3) is 5.17. The van der Waals surface area contributed by atoms with Crippen LogP contribution in [0.1, 0.15) is 11.1 Å². The number of hydrogen-bond acceptors (Lipinski definition) is 3.